The van der Waals surface area contributed by atoms with E-state index in [1.807, 2.05) is 30.3 Å². The Morgan fingerprint density at radius 3 is 2.52 bits per heavy atom. The second-order valence-electron chi connectivity index (χ2n) is 7.63. The van der Waals surface area contributed by atoms with Gasteiger partial charge in [-0.05, 0) is 36.6 Å². The molecule has 2 aliphatic rings. The quantitative estimate of drug-likeness (QED) is 0.736. The Hall–Kier alpha value is -2.91. The highest BCUT2D eigenvalue weighted by atomic mass is 32.2. The zero-order valence-electron chi connectivity index (χ0n) is 17.1. The van der Waals surface area contributed by atoms with E-state index in [9.17, 15) is 18.0 Å². The molecule has 2 aromatic rings. The molecule has 1 N–H and O–H groups in total. The SMILES string of the molecule is O=C(CN1C(=O)COc2ccc(S(=O)(=O)N3CCCCC3)cc21)NCc1ccccc1. The van der Waals surface area contributed by atoms with Crippen molar-refractivity contribution in [1.82, 2.24) is 9.62 Å². The number of hydrogen-bond donors (Lipinski definition) is 1. The van der Waals surface area contributed by atoms with Crippen LogP contribution in [0.1, 0.15) is 24.8 Å². The third-order valence-electron chi connectivity index (χ3n) is 5.46. The topological polar surface area (TPSA) is 96.0 Å². The van der Waals surface area contributed by atoms with Crippen LogP contribution < -0.4 is 15.0 Å². The zero-order valence-corrected chi connectivity index (χ0v) is 17.9. The van der Waals surface area contributed by atoms with Gasteiger partial charge in [-0.1, -0.05) is 36.8 Å². The molecule has 0 aromatic heterocycles. The number of nitrogens with one attached hydrogen (secondary N) is 1. The summed E-state index contributed by atoms with van der Waals surface area (Å²) in [4.78, 5) is 26.4. The van der Waals surface area contributed by atoms with Crippen molar-refractivity contribution in [2.75, 3.05) is 31.1 Å². The Morgan fingerprint density at radius 1 is 1.03 bits per heavy atom. The second kappa shape index (κ2) is 9.07. The van der Waals surface area contributed by atoms with Gasteiger partial charge in [0.1, 0.15) is 12.3 Å². The molecule has 31 heavy (non-hydrogen) atoms. The van der Waals surface area contributed by atoms with E-state index >= 15 is 0 Å². The van der Waals surface area contributed by atoms with E-state index in [1.165, 1.54) is 21.3 Å². The minimum atomic E-state index is -3.67. The maximum absolute atomic E-state index is 13.0. The molecule has 0 atom stereocenters. The van der Waals surface area contributed by atoms with Crippen molar-refractivity contribution < 1.29 is 22.7 Å². The number of carbonyl (C=O) groups excluding carboxylic acids is 2. The lowest BCUT2D eigenvalue weighted by Crippen LogP contribution is -2.45. The van der Waals surface area contributed by atoms with Gasteiger partial charge < -0.3 is 10.1 Å². The first-order valence-electron chi connectivity index (χ1n) is 10.3. The number of carbonyl (C=O) groups is 2. The third kappa shape index (κ3) is 4.72. The van der Waals surface area contributed by atoms with Crippen LogP contribution in [0.2, 0.25) is 0 Å². The summed E-state index contributed by atoms with van der Waals surface area (Å²) in [6.07, 6.45) is 2.68. The second-order valence-corrected chi connectivity index (χ2v) is 9.56. The number of ether oxygens (including phenoxy) is 1. The molecular weight excluding hydrogens is 418 g/mol. The monoisotopic (exact) mass is 443 g/mol. The van der Waals surface area contributed by atoms with E-state index in [2.05, 4.69) is 5.32 Å². The predicted molar refractivity (Wildman–Crippen MR) is 115 cm³/mol. The van der Waals surface area contributed by atoms with Gasteiger partial charge in [0.15, 0.2) is 6.61 Å². The molecule has 0 aliphatic carbocycles. The lowest BCUT2D eigenvalue weighted by Gasteiger charge is -2.30. The number of sulfonamides is 1. The number of nitrogens with zero attached hydrogens (tertiary/aromatic N) is 2. The van der Waals surface area contributed by atoms with E-state index in [0.717, 1.165) is 24.8 Å². The number of piperidine rings is 1. The summed E-state index contributed by atoms with van der Waals surface area (Å²) in [5.41, 5.74) is 1.24. The first-order chi connectivity index (χ1) is 14.9. The van der Waals surface area contributed by atoms with Gasteiger partial charge in [0, 0.05) is 19.6 Å². The average molecular weight is 444 g/mol. The molecule has 9 heteroatoms. The van der Waals surface area contributed by atoms with Crippen LogP contribution in [-0.4, -0.2) is 50.8 Å². The molecule has 0 bridgehead atoms. The number of anilines is 1. The summed E-state index contributed by atoms with van der Waals surface area (Å²) in [6.45, 7) is 0.905. The molecule has 0 spiro atoms. The lowest BCUT2D eigenvalue weighted by molar-refractivity contribution is -0.125. The van der Waals surface area contributed by atoms with Crippen LogP contribution in [0.5, 0.6) is 5.75 Å². The first kappa shape index (κ1) is 21.3. The summed E-state index contributed by atoms with van der Waals surface area (Å²) in [7, 11) is -3.67. The highest BCUT2D eigenvalue weighted by Gasteiger charge is 2.31. The maximum atomic E-state index is 13.0. The van der Waals surface area contributed by atoms with Crippen LogP contribution in [0.4, 0.5) is 5.69 Å². The maximum Gasteiger partial charge on any atom is 0.265 e. The third-order valence-corrected chi connectivity index (χ3v) is 7.36. The van der Waals surface area contributed by atoms with Gasteiger partial charge in [-0.3, -0.25) is 14.5 Å². The Bertz CT molecular complexity index is 1070. The molecular formula is C22H25N3O5S. The van der Waals surface area contributed by atoms with Crippen molar-refractivity contribution >= 4 is 27.5 Å². The fourth-order valence-electron chi connectivity index (χ4n) is 3.77. The van der Waals surface area contributed by atoms with Crippen LogP contribution in [0.25, 0.3) is 0 Å². The predicted octanol–water partition coefficient (Wildman–Crippen LogP) is 1.90. The van der Waals surface area contributed by atoms with Crippen LogP contribution in [0.15, 0.2) is 53.4 Å². The van der Waals surface area contributed by atoms with Crippen LogP contribution in [0.3, 0.4) is 0 Å². The van der Waals surface area contributed by atoms with Crippen molar-refractivity contribution in [2.24, 2.45) is 0 Å². The summed E-state index contributed by atoms with van der Waals surface area (Å²) < 4.78 is 33.0. The van der Waals surface area contributed by atoms with E-state index in [0.29, 0.717) is 31.1 Å². The van der Waals surface area contributed by atoms with Crippen molar-refractivity contribution in [3.63, 3.8) is 0 Å². The van der Waals surface area contributed by atoms with Gasteiger partial charge in [-0.25, -0.2) is 8.42 Å². The summed E-state index contributed by atoms with van der Waals surface area (Å²) in [5.74, 6) is -0.350. The van der Waals surface area contributed by atoms with Gasteiger partial charge >= 0.3 is 0 Å². The molecule has 0 unspecified atom stereocenters. The highest BCUT2D eigenvalue weighted by molar-refractivity contribution is 7.89. The molecule has 2 aliphatic heterocycles. The fourth-order valence-corrected chi connectivity index (χ4v) is 5.30. The van der Waals surface area contributed by atoms with E-state index in [-0.39, 0.29) is 24.0 Å². The van der Waals surface area contributed by atoms with Crippen molar-refractivity contribution in [3.8, 4) is 5.75 Å². The molecule has 2 heterocycles. The number of amides is 2. The first-order valence-corrected chi connectivity index (χ1v) is 11.8. The Labute approximate surface area is 181 Å². The molecule has 0 radical (unpaired) electrons. The smallest absolute Gasteiger partial charge is 0.265 e. The van der Waals surface area contributed by atoms with Crippen molar-refractivity contribution in [2.45, 2.75) is 30.7 Å². The number of benzene rings is 2. The average Bonchev–Trinajstić information content (AvgIpc) is 2.80. The highest BCUT2D eigenvalue weighted by Crippen LogP contribution is 2.35. The summed E-state index contributed by atoms with van der Waals surface area (Å²) in [6, 6.07) is 13.9. The molecule has 164 valence electrons. The molecule has 1 saturated heterocycles. The summed E-state index contributed by atoms with van der Waals surface area (Å²) in [5, 5.41) is 2.79. The Morgan fingerprint density at radius 2 is 1.77 bits per heavy atom. The molecule has 4 rings (SSSR count). The van der Waals surface area contributed by atoms with Gasteiger partial charge in [-0.2, -0.15) is 4.31 Å². The van der Waals surface area contributed by atoms with E-state index in [4.69, 9.17) is 4.74 Å². The zero-order chi connectivity index (χ0) is 21.8. The Balaban J connectivity index is 1.53. The van der Waals surface area contributed by atoms with Gasteiger partial charge in [0.25, 0.3) is 5.91 Å². The number of fused-ring (bicyclic) bond motifs is 1. The molecule has 1 fully saturated rings. The van der Waals surface area contributed by atoms with Gasteiger partial charge in [-0.15, -0.1) is 0 Å². The Kier molecular flexibility index (Phi) is 6.24. The van der Waals surface area contributed by atoms with Gasteiger partial charge in [0.05, 0.1) is 10.6 Å². The van der Waals surface area contributed by atoms with E-state index in [1.54, 1.807) is 6.07 Å². The number of hydrogen-bond acceptors (Lipinski definition) is 5. The number of rotatable bonds is 6. The molecule has 0 saturated carbocycles. The van der Waals surface area contributed by atoms with Crippen LogP contribution >= 0.6 is 0 Å². The lowest BCUT2D eigenvalue weighted by atomic mass is 10.2. The standard InChI is InChI=1S/C22H25N3O5S/c26-21(23-14-17-7-3-1-4-8-17)15-25-19-13-18(9-10-20(19)30-16-22(25)27)31(28,29)24-11-5-2-6-12-24/h1,3-4,7-10,13H,2,5-6,11-12,14-16H2,(H,23,26). The van der Waals surface area contributed by atoms with Crippen LogP contribution in [-0.2, 0) is 26.2 Å². The molecule has 8 nitrogen and oxygen atoms in total. The molecule has 2 aromatic carbocycles. The minimum Gasteiger partial charge on any atom is -0.482 e. The molecule has 2 amide bonds. The largest absolute Gasteiger partial charge is 0.482 e. The van der Waals surface area contributed by atoms with E-state index < -0.39 is 15.9 Å². The van der Waals surface area contributed by atoms with Crippen molar-refractivity contribution in [1.29, 1.82) is 0 Å². The summed E-state index contributed by atoms with van der Waals surface area (Å²) >= 11 is 0. The van der Waals surface area contributed by atoms with Crippen LogP contribution in [0, 0.1) is 0 Å². The minimum absolute atomic E-state index is 0.0983. The fraction of sp³-hybridized carbons (Fsp3) is 0.364. The normalized spacial score (nSPS) is 17.0. The van der Waals surface area contributed by atoms with Crippen molar-refractivity contribution in [3.05, 3.63) is 54.1 Å². The van der Waals surface area contributed by atoms with Gasteiger partial charge in [0.2, 0.25) is 15.9 Å².